The van der Waals surface area contributed by atoms with Crippen molar-refractivity contribution in [2.24, 2.45) is 11.8 Å². The fourth-order valence-electron chi connectivity index (χ4n) is 1.73. The number of carboxylic acids is 1. The number of likely N-dealkylation sites (tertiary alicyclic amines) is 1. The van der Waals surface area contributed by atoms with Crippen molar-refractivity contribution in [3.05, 3.63) is 11.6 Å². The van der Waals surface area contributed by atoms with E-state index < -0.39 is 5.97 Å². The van der Waals surface area contributed by atoms with Crippen LogP contribution in [-0.2, 0) is 4.79 Å². The van der Waals surface area contributed by atoms with E-state index in [2.05, 4.69) is 4.90 Å². The molecule has 0 aromatic carbocycles. The summed E-state index contributed by atoms with van der Waals surface area (Å²) in [6.07, 6.45) is 1.83. The number of carbonyl (C=O) groups is 1. The Kier molecular flexibility index (Phi) is 3.75. The Labute approximate surface area is 83.0 Å². The minimum atomic E-state index is -0.690. The third-order valence-corrected chi connectivity index (χ3v) is 2.64. The normalized spacial score (nSPS) is 30.0. The third-order valence-electron chi connectivity index (χ3n) is 2.46. The van der Waals surface area contributed by atoms with Gasteiger partial charge in [-0.3, -0.25) is 9.69 Å². The molecule has 1 N–H and O–H groups in total. The standard InChI is InChI=1S/C9H14ClNO2/c1-7-5-11(4-2-3-10)6-8(7)9(12)13/h2-3,7-8H,4-6H2,1H3,(H,12,13). The van der Waals surface area contributed by atoms with Crippen LogP contribution in [-0.4, -0.2) is 35.6 Å². The summed E-state index contributed by atoms with van der Waals surface area (Å²) in [5.41, 5.74) is 1.47. The highest BCUT2D eigenvalue weighted by molar-refractivity contribution is 6.25. The van der Waals surface area contributed by atoms with E-state index in [4.69, 9.17) is 16.7 Å². The molecule has 0 amide bonds. The predicted octanol–water partition coefficient (Wildman–Crippen LogP) is 1.39. The lowest BCUT2D eigenvalue weighted by atomic mass is 9.99. The minimum Gasteiger partial charge on any atom is -0.481 e. The minimum absolute atomic E-state index is 0.219. The highest BCUT2D eigenvalue weighted by Crippen LogP contribution is 2.22. The largest absolute Gasteiger partial charge is 0.481 e. The van der Waals surface area contributed by atoms with E-state index in [1.165, 1.54) is 5.54 Å². The maximum atomic E-state index is 10.8. The van der Waals surface area contributed by atoms with Crippen molar-refractivity contribution in [3.8, 4) is 0 Å². The van der Waals surface area contributed by atoms with E-state index in [0.29, 0.717) is 6.54 Å². The summed E-state index contributed by atoms with van der Waals surface area (Å²) in [4.78, 5) is 12.9. The van der Waals surface area contributed by atoms with Crippen LogP contribution in [0, 0.1) is 11.8 Å². The van der Waals surface area contributed by atoms with Crippen LogP contribution in [0.3, 0.4) is 0 Å². The average Bonchev–Trinajstić information content (AvgIpc) is 2.43. The molecule has 3 nitrogen and oxygen atoms in total. The zero-order chi connectivity index (χ0) is 9.84. The molecule has 0 aliphatic carbocycles. The van der Waals surface area contributed by atoms with Crippen LogP contribution in [0.2, 0.25) is 0 Å². The van der Waals surface area contributed by atoms with Crippen molar-refractivity contribution in [3.63, 3.8) is 0 Å². The summed E-state index contributed by atoms with van der Waals surface area (Å²) < 4.78 is 0. The smallest absolute Gasteiger partial charge is 0.308 e. The Hall–Kier alpha value is -0.540. The van der Waals surface area contributed by atoms with Gasteiger partial charge in [0.2, 0.25) is 0 Å². The van der Waals surface area contributed by atoms with Crippen LogP contribution in [0.15, 0.2) is 11.6 Å². The van der Waals surface area contributed by atoms with Crippen LogP contribution in [0.5, 0.6) is 0 Å². The molecule has 1 rings (SSSR count). The number of hydrogen-bond acceptors (Lipinski definition) is 2. The first-order valence-corrected chi connectivity index (χ1v) is 4.79. The van der Waals surface area contributed by atoms with Gasteiger partial charge in [0, 0.05) is 25.2 Å². The SMILES string of the molecule is CC1CN(CC=CCl)CC1C(=O)O. The summed E-state index contributed by atoms with van der Waals surface area (Å²) in [5.74, 6) is -0.671. The van der Waals surface area contributed by atoms with Gasteiger partial charge in [-0.25, -0.2) is 0 Å². The Balaban J connectivity index is 2.45. The Morgan fingerprint density at radius 3 is 2.85 bits per heavy atom. The Morgan fingerprint density at radius 1 is 1.69 bits per heavy atom. The predicted molar refractivity (Wildman–Crippen MR) is 51.7 cm³/mol. The highest BCUT2D eigenvalue weighted by Gasteiger charge is 2.33. The quantitative estimate of drug-likeness (QED) is 0.754. The molecule has 0 radical (unpaired) electrons. The molecule has 1 fully saturated rings. The van der Waals surface area contributed by atoms with Crippen molar-refractivity contribution in [1.29, 1.82) is 0 Å². The molecule has 0 aromatic rings. The van der Waals surface area contributed by atoms with E-state index in [-0.39, 0.29) is 11.8 Å². The Morgan fingerprint density at radius 2 is 2.38 bits per heavy atom. The summed E-state index contributed by atoms with van der Waals surface area (Å²) in [6.45, 7) is 4.21. The van der Waals surface area contributed by atoms with Crippen LogP contribution in [0.4, 0.5) is 0 Å². The van der Waals surface area contributed by atoms with Gasteiger partial charge < -0.3 is 5.11 Å². The molecule has 1 aliphatic heterocycles. The first kappa shape index (κ1) is 10.5. The van der Waals surface area contributed by atoms with Crippen LogP contribution in [0.25, 0.3) is 0 Å². The molecule has 0 aromatic heterocycles. The molecule has 0 bridgehead atoms. The molecule has 0 spiro atoms. The van der Waals surface area contributed by atoms with E-state index in [0.717, 1.165) is 13.1 Å². The molecule has 2 atom stereocenters. The average molecular weight is 204 g/mol. The summed E-state index contributed by atoms with van der Waals surface area (Å²) in [7, 11) is 0. The lowest BCUT2D eigenvalue weighted by molar-refractivity contribution is -0.142. The molecular weight excluding hydrogens is 190 g/mol. The lowest BCUT2D eigenvalue weighted by Crippen LogP contribution is -2.23. The lowest BCUT2D eigenvalue weighted by Gasteiger charge is -2.11. The van der Waals surface area contributed by atoms with Gasteiger partial charge in [0.05, 0.1) is 5.92 Å². The Bertz CT molecular complexity index is 218. The first-order valence-electron chi connectivity index (χ1n) is 4.35. The maximum Gasteiger partial charge on any atom is 0.308 e. The molecule has 13 heavy (non-hydrogen) atoms. The zero-order valence-corrected chi connectivity index (χ0v) is 8.37. The molecule has 2 unspecified atom stereocenters. The van der Waals surface area contributed by atoms with Gasteiger partial charge in [-0.1, -0.05) is 24.6 Å². The van der Waals surface area contributed by atoms with E-state index in [9.17, 15) is 4.79 Å². The zero-order valence-electron chi connectivity index (χ0n) is 7.61. The van der Waals surface area contributed by atoms with Gasteiger partial charge in [-0.2, -0.15) is 0 Å². The van der Waals surface area contributed by atoms with Gasteiger partial charge in [0.15, 0.2) is 0 Å². The van der Waals surface area contributed by atoms with Crippen molar-refractivity contribution in [2.75, 3.05) is 19.6 Å². The van der Waals surface area contributed by atoms with E-state index in [1.54, 1.807) is 0 Å². The van der Waals surface area contributed by atoms with E-state index >= 15 is 0 Å². The summed E-state index contributed by atoms with van der Waals surface area (Å²) in [5, 5.41) is 8.86. The molecular formula is C9H14ClNO2. The number of aliphatic carboxylic acids is 1. The molecule has 4 heteroatoms. The third kappa shape index (κ3) is 2.71. The summed E-state index contributed by atoms with van der Waals surface area (Å²) >= 11 is 5.39. The monoisotopic (exact) mass is 203 g/mol. The fourth-order valence-corrected chi connectivity index (χ4v) is 1.81. The topological polar surface area (TPSA) is 40.5 Å². The van der Waals surface area contributed by atoms with Gasteiger partial charge in [-0.05, 0) is 5.92 Å². The van der Waals surface area contributed by atoms with Gasteiger partial charge >= 0.3 is 5.97 Å². The van der Waals surface area contributed by atoms with Gasteiger partial charge in [-0.15, -0.1) is 0 Å². The van der Waals surface area contributed by atoms with Crippen LogP contribution < -0.4 is 0 Å². The fraction of sp³-hybridized carbons (Fsp3) is 0.667. The number of rotatable bonds is 3. The highest BCUT2D eigenvalue weighted by atomic mass is 35.5. The van der Waals surface area contributed by atoms with E-state index in [1.807, 2.05) is 13.0 Å². The second kappa shape index (κ2) is 4.63. The van der Waals surface area contributed by atoms with Crippen molar-refractivity contribution >= 4 is 17.6 Å². The van der Waals surface area contributed by atoms with Crippen LogP contribution in [0.1, 0.15) is 6.92 Å². The summed E-state index contributed by atoms with van der Waals surface area (Å²) in [6, 6.07) is 0. The second-order valence-corrected chi connectivity index (χ2v) is 3.75. The molecule has 0 saturated carbocycles. The number of hydrogen-bond donors (Lipinski definition) is 1. The second-order valence-electron chi connectivity index (χ2n) is 3.50. The van der Waals surface area contributed by atoms with Gasteiger partial charge in [0.25, 0.3) is 0 Å². The number of nitrogens with zero attached hydrogens (tertiary/aromatic N) is 1. The molecule has 74 valence electrons. The number of carboxylic acid groups (broad SMARTS) is 1. The molecule has 1 heterocycles. The van der Waals surface area contributed by atoms with Crippen LogP contribution >= 0.6 is 11.6 Å². The van der Waals surface area contributed by atoms with Crippen molar-refractivity contribution < 1.29 is 9.90 Å². The maximum absolute atomic E-state index is 10.8. The molecule has 1 saturated heterocycles. The molecule has 1 aliphatic rings. The van der Waals surface area contributed by atoms with Gasteiger partial charge in [0.1, 0.15) is 0 Å². The van der Waals surface area contributed by atoms with Crippen molar-refractivity contribution in [2.45, 2.75) is 6.92 Å². The first-order chi connectivity index (χ1) is 6.15. The van der Waals surface area contributed by atoms with Crippen molar-refractivity contribution in [1.82, 2.24) is 4.90 Å². The number of halogens is 1.